The van der Waals surface area contributed by atoms with Crippen molar-refractivity contribution >= 4 is 21.5 Å². The molecule has 0 fully saturated rings. The van der Waals surface area contributed by atoms with E-state index in [2.05, 4.69) is 10.1 Å². The number of aryl methyl sites for hydroxylation is 1. The van der Waals surface area contributed by atoms with E-state index in [0.717, 1.165) is 0 Å². The van der Waals surface area contributed by atoms with Crippen LogP contribution in [-0.4, -0.2) is 44.3 Å². The van der Waals surface area contributed by atoms with Gasteiger partial charge in [0, 0.05) is 40.6 Å². The van der Waals surface area contributed by atoms with Crippen molar-refractivity contribution in [1.29, 1.82) is 0 Å². The van der Waals surface area contributed by atoms with Crippen LogP contribution in [0.2, 0.25) is 0 Å². The van der Waals surface area contributed by atoms with E-state index in [9.17, 15) is 8.42 Å². The number of anilines is 2. The average Bonchev–Trinajstić information content (AvgIpc) is 2.85. The summed E-state index contributed by atoms with van der Waals surface area (Å²) < 4.78 is 27.8. The Morgan fingerprint density at radius 1 is 1.25 bits per heavy atom. The van der Waals surface area contributed by atoms with Gasteiger partial charge in [-0.15, -0.1) is 0 Å². The summed E-state index contributed by atoms with van der Waals surface area (Å²) in [5.41, 5.74) is 0.515. The van der Waals surface area contributed by atoms with E-state index in [0.29, 0.717) is 11.5 Å². The Balaban J connectivity index is 2.49. The largest absolute Gasteiger partial charge is 0.361 e. The van der Waals surface area contributed by atoms with Gasteiger partial charge in [0.25, 0.3) is 10.0 Å². The number of nitrogens with zero attached hydrogens (tertiary/aromatic N) is 5. The first-order valence-corrected chi connectivity index (χ1v) is 7.38. The summed E-state index contributed by atoms with van der Waals surface area (Å²) in [6.45, 7) is 0. The quantitative estimate of drug-likeness (QED) is 0.830. The molecule has 0 atom stereocenters. The fourth-order valence-corrected chi connectivity index (χ4v) is 2.98. The minimum atomic E-state index is -3.64. The highest BCUT2D eigenvalue weighted by atomic mass is 32.2. The monoisotopic (exact) mass is 295 g/mol. The van der Waals surface area contributed by atoms with Crippen LogP contribution >= 0.6 is 0 Å². The zero-order valence-corrected chi connectivity index (χ0v) is 12.7. The van der Waals surface area contributed by atoms with Gasteiger partial charge in [-0.05, 0) is 12.1 Å². The first-order valence-electron chi connectivity index (χ1n) is 5.94. The topological polar surface area (TPSA) is 71.3 Å². The molecule has 0 aliphatic heterocycles. The molecular formula is C12H17N5O2S. The van der Waals surface area contributed by atoms with Crippen molar-refractivity contribution in [3.63, 3.8) is 0 Å². The Labute approximate surface area is 118 Å². The molecule has 0 saturated heterocycles. The lowest BCUT2D eigenvalue weighted by Crippen LogP contribution is -2.28. The molecular weight excluding hydrogens is 278 g/mol. The highest BCUT2D eigenvalue weighted by Crippen LogP contribution is 2.28. The second-order valence-corrected chi connectivity index (χ2v) is 6.53. The van der Waals surface area contributed by atoms with E-state index in [1.807, 2.05) is 14.1 Å². The summed E-state index contributed by atoms with van der Waals surface area (Å²) in [6, 6.07) is 3.42. The third-order valence-electron chi connectivity index (χ3n) is 2.87. The van der Waals surface area contributed by atoms with Crippen molar-refractivity contribution in [2.45, 2.75) is 4.90 Å². The summed E-state index contributed by atoms with van der Waals surface area (Å²) in [5, 5.41) is 3.90. The van der Waals surface area contributed by atoms with Crippen LogP contribution in [-0.2, 0) is 17.1 Å². The molecule has 0 N–H and O–H groups in total. The van der Waals surface area contributed by atoms with E-state index in [1.54, 1.807) is 30.3 Å². The van der Waals surface area contributed by atoms with Gasteiger partial charge in [-0.1, -0.05) is 0 Å². The molecule has 108 valence electrons. The van der Waals surface area contributed by atoms with E-state index < -0.39 is 10.0 Å². The van der Waals surface area contributed by atoms with Gasteiger partial charge in [0.05, 0.1) is 11.9 Å². The molecule has 0 aromatic carbocycles. The van der Waals surface area contributed by atoms with E-state index in [4.69, 9.17) is 0 Å². The molecule has 0 spiro atoms. The molecule has 8 heteroatoms. The maximum absolute atomic E-state index is 12.5. The second kappa shape index (κ2) is 5.12. The molecule has 0 amide bonds. The van der Waals surface area contributed by atoms with Crippen molar-refractivity contribution in [3.05, 3.63) is 30.7 Å². The third kappa shape index (κ3) is 2.46. The van der Waals surface area contributed by atoms with Crippen LogP contribution in [0, 0.1) is 0 Å². The van der Waals surface area contributed by atoms with Crippen LogP contribution in [0.5, 0.6) is 0 Å². The Kier molecular flexibility index (Phi) is 3.67. The molecule has 0 radical (unpaired) electrons. The maximum atomic E-state index is 12.5. The molecule has 0 bridgehead atoms. The first kappa shape index (κ1) is 14.3. The maximum Gasteiger partial charge on any atom is 0.267 e. The SMILES string of the molecule is CN(C)c1ncccc1N(C)S(=O)(=O)c1cnn(C)c1. The first-order chi connectivity index (χ1) is 9.34. The summed E-state index contributed by atoms with van der Waals surface area (Å²) in [4.78, 5) is 6.13. The molecule has 2 rings (SSSR count). The number of sulfonamides is 1. The van der Waals surface area contributed by atoms with Crippen molar-refractivity contribution in [2.75, 3.05) is 30.3 Å². The number of pyridine rings is 1. The minimum Gasteiger partial charge on any atom is -0.361 e. The second-order valence-electron chi connectivity index (χ2n) is 4.56. The summed E-state index contributed by atoms with van der Waals surface area (Å²) in [5.74, 6) is 0.586. The zero-order chi connectivity index (χ0) is 14.9. The van der Waals surface area contributed by atoms with Crippen molar-refractivity contribution in [3.8, 4) is 0 Å². The van der Waals surface area contributed by atoms with E-state index >= 15 is 0 Å². The van der Waals surface area contributed by atoms with Gasteiger partial charge in [0.15, 0.2) is 5.82 Å². The predicted molar refractivity (Wildman–Crippen MR) is 77.4 cm³/mol. The number of aromatic nitrogens is 3. The zero-order valence-electron chi connectivity index (χ0n) is 11.8. The molecule has 20 heavy (non-hydrogen) atoms. The molecule has 2 aromatic heterocycles. The smallest absolute Gasteiger partial charge is 0.267 e. The van der Waals surface area contributed by atoms with Gasteiger partial charge in [0.2, 0.25) is 0 Å². The summed E-state index contributed by atoms with van der Waals surface area (Å²) in [7, 11) is 3.17. The lowest BCUT2D eigenvalue weighted by atomic mass is 10.4. The fourth-order valence-electron chi connectivity index (χ4n) is 1.80. The van der Waals surface area contributed by atoms with Gasteiger partial charge in [-0.25, -0.2) is 13.4 Å². The summed E-state index contributed by atoms with van der Waals surface area (Å²) in [6.07, 6.45) is 4.43. The van der Waals surface area contributed by atoms with Gasteiger partial charge in [-0.2, -0.15) is 5.10 Å². The van der Waals surface area contributed by atoms with Gasteiger partial charge in [-0.3, -0.25) is 8.99 Å². The van der Waals surface area contributed by atoms with Crippen molar-refractivity contribution < 1.29 is 8.42 Å². The van der Waals surface area contributed by atoms with Crippen LogP contribution in [0.15, 0.2) is 35.6 Å². The van der Waals surface area contributed by atoms with Crippen LogP contribution < -0.4 is 9.21 Å². The molecule has 0 aliphatic carbocycles. The minimum absolute atomic E-state index is 0.149. The van der Waals surface area contributed by atoms with Gasteiger partial charge < -0.3 is 4.90 Å². The number of hydrogen-bond donors (Lipinski definition) is 0. The normalized spacial score (nSPS) is 11.4. The average molecular weight is 295 g/mol. The Bertz CT molecular complexity index is 708. The van der Waals surface area contributed by atoms with Crippen molar-refractivity contribution in [2.24, 2.45) is 7.05 Å². The van der Waals surface area contributed by atoms with Crippen LogP contribution in [0.1, 0.15) is 0 Å². The highest BCUT2D eigenvalue weighted by molar-refractivity contribution is 7.92. The molecule has 0 aliphatic rings. The number of hydrogen-bond acceptors (Lipinski definition) is 5. The predicted octanol–water partition coefficient (Wildman–Crippen LogP) is 0.706. The van der Waals surface area contributed by atoms with E-state index in [-0.39, 0.29) is 4.90 Å². The van der Waals surface area contributed by atoms with Gasteiger partial charge >= 0.3 is 0 Å². The molecule has 2 heterocycles. The standard InChI is InChI=1S/C12H17N5O2S/c1-15(2)12-11(6-5-7-13-12)17(4)20(18,19)10-8-14-16(3)9-10/h5-9H,1-4H3. The molecule has 0 saturated carbocycles. The fraction of sp³-hybridized carbons (Fsp3) is 0.333. The lowest BCUT2D eigenvalue weighted by Gasteiger charge is -2.23. The lowest BCUT2D eigenvalue weighted by molar-refractivity contribution is 0.594. The summed E-state index contributed by atoms with van der Waals surface area (Å²) >= 11 is 0. The molecule has 7 nitrogen and oxygen atoms in total. The van der Waals surface area contributed by atoms with E-state index in [1.165, 1.54) is 28.4 Å². The van der Waals surface area contributed by atoms with Crippen LogP contribution in [0.4, 0.5) is 11.5 Å². The van der Waals surface area contributed by atoms with Crippen molar-refractivity contribution in [1.82, 2.24) is 14.8 Å². The molecule has 2 aromatic rings. The third-order valence-corrected chi connectivity index (χ3v) is 4.59. The molecule has 0 unspecified atom stereocenters. The Morgan fingerprint density at radius 2 is 1.95 bits per heavy atom. The van der Waals surface area contributed by atoms with Crippen LogP contribution in [0.3, 0.4) is 0 Å². The van der Waals surface area contributed by atoms with Gasteiger partial charge in [0.1, 0.15) is 4.90 Å². The Hall–Kier alpha value is -2.09. The Morgan fingerprint density at radius 3 is 2.50 bits per heavy atom. The number of rotatable bonds is 4. The highest BCUT2D eigenvalue weighted by Gasteiger charge is 2.25. The van der Waals surface area contributed by atoms with Crippen LogP contribution in [0.25, 0.3) is 0 Å².